The molecule has 0 fully saturated rings. The average Bonchev–Trinajstić information content (AvgIpc) is 2.66. The van der Waals surface area contributed by atoms with E-state index in [0.717, 1.165) is 5.56 Å². The number of ether oxygens (including phenoxy) is 2. The molecule has 0 unspecified atom stereocenters. The van der Waals surface area contributed by atoms with Crippen molar-refractivity contribution in [2.45, 2.75) is 18.9 Å². The molecule has 0 aliphatic rings. The number of primary amides is 1. The van der Waals surface area contributed by atoms with E-state index in [4.69, 9.17) is 15.2 Å². The molecule has 2 N–H and O–H groups in total. The van der Waals surface area contributed by atoms with E-state index in [9.17, 15) is 9.59 Å². The highest BCUT2D eigenvalue weighted by molar-refractivity contribution is 5.95. The maximum Gasteiger partial charge on any atom is 0.254 e. The van der Waals surface area contributed by atoms with Gasteiger partial charge in [0.2, 0.25) is 5.91 Å². The van der Waals surface area contributed by atoms with Gasteiger partial charge in [-0.1, -0.05) is 30.3 Å². The molecule has 6 nitrogen and oxygen atoms in total. The molecule has 0 radical (unpaired) electrons. The van der Waals surface area contributed by atoms with Gasteiger partial charge >= 0.3 is 0 Å². The van der Waals surface area contributed by atoms with Crippen LogP contribution in [0.4, 0.5) is 0 Å². The van der Waals surface area contributed by atoms with E-state index in [1.54, 1.807) is 30.1 Å². The highest BCUT2D eigenvalue weighted by Crippen LogP contribution is 2.28. The molecule has 2 aromatic carbocycles. The van der Waals surface area contributed by atoms with Crippen LogP contribution < -0.4 is 15.2 Å². The Morgan fingerprint density at radius 3 is 2.27 bits per heavy atom. The lowest BCUT2D eigenvalue weighted by Gasteiger charge is -2.28. The van der Waals surface area contributed by atoms with Gasteiger partial charge in [0.05, 0.1) is 14.2 Å². The van der Waals surface area contributed by atoms with Crippen LogP contribution in [0.3, 0.4) is 0 Å². The van der Waals surface area contributed by atoms with Gasteiger partial charge in [-0.15, -0.1) is 0 Å². The van der Waals surface area contributed by atoms with Gasteiger partial charge < -0.3 is 20.1 Å². The normalized spacial score (nSPS) is 11.5. The Morgan fingerprint density at radius 1 is 1.04 bits per heavy atom. The van der Waals surface area contributed by atoms with Crippen molar-refractivity contribution in [2.75, 3.05) is 21.3 Å². The second-order valence-electron chi connectivity index (χ2n) is 6.00. The predicted molar refractivity (Wildman–Crippen MR) is 99.4 cm³/mol. The summed E-state index contributed by atoms with van der Waals surface area (Å²) in [4.78, 5) is 26.0. The fraction of sp³-hybridized carbons (Fsp3) is 0.300. The van der Waals surface area contributed by atoms with Crippen LogP contribution >= 0.6 is 0 Å². The van der Waals surface area contributed by atoms with Crippen molar-refractivity contribution < 1.29 is 19.1 Å². The quantitative estimate of drug-likeness (QED) is 0.787. The minimum absolute atomic E-state index is 0.0877. The van der Waals surface area contributed by atoms with Gasteiger partial charge in [0.25, 0.3) is 5.91 Å². The average molecular weight is 356 g/mol. The van der Waals surface area contributed by atoms with Crippen molar-refractivity contribution in [3.05, 3.63) is 59.7 Å². The maximum atomic E-state index is 12.9. The number of nitrogens with two attached hydrogens (primary N) is 1. The van der Waals surface area contributed by atoms with Crippen molar-refractivity contribution in [2.24, 2.45) is 5.73 Å². The first-order chi connectivity index (χ1) is 12.5. The van der Waals surface area contributed by atoms with Crippen LogP contribution in [0.5, 0.6) is 11.5 Å². The molecule has 2 rings (SSSR count). The lowest BCUT2D eigenvalue weighted by Crippen LogP contribution is -2.41. The zero-order valence-corrected chi connectivity index (χ0v) is 15.3. The van der Waals surface area contributed by atoms with E-state index in [2.05, 4.69) is 0 Å². The summed E-state index contributed by atoms with van der Waals surface area (Å²) in [6.07, 6.45) is 0.629. The number of likely N-dealkylation sites (N-methyl/N-ethyl adjacent to an activating group) is 1. The monoisotopic (exact) mass is 356 g/mol. The summed E-state index contributed by atoms with van der Waals surface area (Å²) in [6, 6.07) is 14.3. The van der Waals surface area contributed by atoms with Gasteiger partial charge in [0.1, 0.15) is 0 Å². The van der Waals surface area contributed by atoms with E-state index in [1.807, 2.05) is 30.3 Å². The Balaban J connectivity index is 2.24. The molecule has 0 saturated heterocycles. The summed E-state index contributed by atoms with van der Waals surface area (Å²) < 4.78 is 10.5. The standard InChI is InChI=1S/C20H24N2O4/c1-22(16(13-19(21)23)11-14-7-5-4-6-8-14)20(24)15-9-10-17(25-2)18(12-15)26-3/h4-10,12,16H,11,13H2,1-3H3,(H2,21,23)/t16-/m0/s1. The number of benzene rings is 2. The second kappa shape index (κ2) is 8.89. The third kappa shape index (κ3) is 4.75. The summed E-state index contributed by atoms with van der Waals surface area (Å²) in [6.45, 7) is 0. The first-order valence-electron chi connectivity index (χ1n) is 8.27. The van der Waals surface area contributed by atoms with Crippen molar-refractivity contribution >= 4 is 11.8 Å². The van der Waals surface area contributed by atoms with Crippen LogP contribution in [0.15, 0.2) is 48.5 Å². The van der Waals surface area contributed by atoms with E-state index in [-0.39, 0.29) is 18.4 Å². The van der Waals surface area contributed by atoms with E-state index in [0.29, 0.717) is 23.5 Å². The maximum absolute atomic E-state index is 12.9. The van der Waals surface area contributed by atoms with Crippen LogP contribution in [-0.2, 0) is 11.2 Å². The van der Waals surface area contributed by atoms with E-state index >= 15 is 0 Å². The van der Waals surface area contributed by atoms with Crippen molar-refractivity contribution in [3.63, 3.8) is 0 Å². The molecule has 2 aromatic rings. The molecule has 138 valence electrons. The first kappa shape index (κ1) is 19.3. The number of methoxy groups -OCH3 is 2. The molecule has 0 spiro atoms. The number of hydrogen-bond donors (Lipinski definition) is 1. The summed E-state index contributed by atoms with van der Waals surface area (Å²) in [5, 5.41) is 0. The van der Waals surface area contributed by atoms with Gasteiger partial charge in [-0.05, 0) is 30.2 Å². The minimum Gasteiger partial charge on any atom is -0.493 e. The van der Waals surface area contributed by atoms with Crippen LogP contribution in [0.2, 0.25) is 0 Å². The van der Waals surface area contributed by atoms with Crippen molar-refractivity contribution in [1.29, 1.82) is 0 Å². The van der Waals surface area contributed by atoms with Gasteiger partial charge in [-0.25, -0.2) is 0 Å². The highest BCUT2D eigenvalue weighted by atomic mass is 16.5. The molecule has 1 atom stereocenters. The van der Waals surface area contributed by atoms with Crippen LogP contribution in [-0.4, -0.2) is 44.0 Å². The molecule has 0 aromatic heterocycles. The van der Waals surface area contributed by atoms with Gasteiger partial charge in [0, 0.05) is 25.1 Å². The number of carbonyl (C=O) groups excluding carboxylic acids is 2. The third-order valence-corrected chi connectivity index (χ3v) is 4.25. The Hall–Kier alpha value is -3.02. The Bertz CT molecular complexity index is 762. The summed E-state index contributed by atoms with van der Waals surface area (Å²) in [5.41, 5.74) is 6.88. The summed E-state index contributed by atoms with van der Waals surface area (Å²) in [5.74, 6) is 0.358. The highest BCUT2D eigenvalue weighted by Gasteiger charge is 2.24. The number of nitrogens with zero attached hydrogens (tertiary/aromatic N) is 1. The number of rotatable bonds is 8. The molecular weight excluding hydrogens is 332 g/mol. The van der Waals surface area contributed by atoms with Crippen LogP contribution in [0.25, 0.3) is 0 Å². The van der Waals surface area contributed by atoms with Crippen LogP contribution in [0, 0.1) is 0 Å². The number of carbonyl (C=O) groups is 2. The zero-order chi connectivity index (χ0) is 19.1. The van der Waals surface area contributed by atoms with E-state index < -0.39 is 5.91 Å². The molecular formula is C20H24N2O4. The minimum atomic E-state index is -0.446. The number of amides is 2. The molecule has 0 aliphatic carbocycles. The fourth-order valence-electron chi connectivity index (χ4n) is 2.80. The van der Waals surface area contributed by atoms with Gasteiger partial charge in [0.15, 0.2) is 11.5 Å². The molecule has 0 bridgehead atoms. The lowest BCUT2D eigenvalue weighted by molar-refractivity contribution is -0.118. The summed E-state index contributed by atoms with van der Waals surface area (Å²) in [7, 11) is 4.73. The molecule has 0 heterocycles. The van der Waals surface area contributed by atoms with E-state index in [1.165, 1.54) is 14.2 Å². The SMILES string of the molecule is COc1ccc(C(=O)N(C)[C@H](CC(N)=O)Cc2ccccc2)cc1OC. The topological polar surface area (TPSA) is 81.9 Å². The molecule has 2 amide bonds. The largest absolute Gasteiger partial charge is 0.493 e. The smallest absolute Gasteiger partial charge is 0.254 e. The zero-order valence-electron chi connectivity index (χ0n) is 15.3. The number of hydrogen-bond acceptors (Lipinski definition) is 4. The Kier molecular flexibility index (Phi) is 6.60. The fourth-order valence-corrected chi connectivity index (χ4v) is 2.80. The Labute approximate surface area is 153 Å². The second-order valence-corrected chi connectivity index (χ2v) is 6.00. The molecule has 0 aliphatic heterocycles. The molecule has 0 saturated carbocycles. The third-order valence-electron chi connectivity index (χ3n) is 4.25. The summed E-state index contributed by atoms with van der Waals surface area (Å²) >= 11 is 0. The van der Waals surface area contributed by atoms with Gasteiger partial charge in [-0.2, -0.15) is 0 Å². The van der Waals surface area contributed by atoms with Crippen molar-refractivity contribution in [1.82, 2.24) is 4.90 Å². The van der Waals surface area contributed by atoms with Crippen LogP contribution in [0.1, 0.15) is 22.3 Å². The van der Waals surface area contributed by atoms with Gasteiger partial charge in [-0.3, -0.25) is 9.59 Å². The molecule has 26 heavy (non-hydrogen) atoms. The first-order valence-corrected chi connectivity index (χ1v) is 8.27. The lowest BCUT2D eigenvalue weighted by atomic mass is 10.0. The Morgan fingerprint density at radius 2 is 1.69 bits per heavy atom. The van der Waals surface area contributed by atoms with Crippen molar-refractivity contribution in [3.8, 4) is 11.5 Å². The predicted octanol–water partition coefficient (Wildman–Crippen LogP) is 2.26. The molecule has 6 heteroatoms.